The van der Waals surface area contributed by atoms with Crippen molar-refractivity contribution in [3.8, 4) is 5.69 Å². The Hall–Kier alpha value is -1.89. The van der Waals surface area contributed by atoms with Crippen LogP contribution in [0.25, 0.3) is 5.69 Å². The molecular weight excluding hydrogens is 346 g/mol. The molecule has 6 nitrogen and oxygen atoms in total. The second-order valence-corrected chi connectivity index (χ2v) is 8.29. The van der Waals surface area contributed by atoms with Crippen molar-refractivity contribution in [3.63, 3.8) is 0 Å². The normalized spacial score (nSPS) is 23.0. The lowest BCUT2D eigenvalue weighted by atomic mass is 9.78. The van der Waals surface area contributed by atoms with Crippen LogP contribution in [0.2, 0.25) is 0 Å². The number of carbonyl (C=O) groups is 1. The Morgan fingerprint density at radius 1 is 1.27 bits per heavy atom. The third kappa shape index (κ3) is 4.09. The first kappa shape index (κ1) is 18.9. The predicted octanol–water partition coefficient (Wildman–Crippen LogP) is 3.31. The number of nitrogens with zero attached hydrogens (tertiary/aromatic N) is 4. The summed E-state index contributed by atoms with van der Waals surface area (Å²) in [4.78, 5) is 12.4. The maximum absolute atomic E-state index is 12.4. The van der Waals surface area contributed by atoms with E-state index in [0.29, 0.717) is 22.7 Å². The van der Waals surface area contributed by atoms with Gasteiger partial charge in [0.1, 0.15) is 0 Å². The van der Waals surface area contributed by atoms with Crippen LogP contribution < -0.4 is 5.32 Å². The molecule has 7 heteroatoms. The smallest absolute Gasteiger partial charge is 0.230 e. The van der Waals surface area contributed by atoms with E-state index >= 15 is 0 Å². The van der Waals surface area contributed by atoms with E-state index in [1.807, 2.05) is 32.0 Å². The first-order valence-corrected chi connectivity index (χ1v) is 10.2. The number of hydrogen-bond acceptors (Lipinski definition) is 5. The molecule has 3 rings (SSSR count). The standard InChI is InChI=1S/C19H27N5OS/c1-12-7-6-10-16(15(12)4)20-17(25)11-26-19-21-22-23-24(19)18-13(2)8-5-9-14(18)3/h5,8-9,12,15-16H,6-7,10-11H2,1-4H3,(H,20,25)/t12-,15+,16+/m1/s1. The van der Waals surface area contributed by atoms with Crippen molar-refractivity contribution in [1.82, 2.24) is 25.5 Å². The van der Waals surface area contributed by atoms with Crippen molar-refractivity contribution in [1.29, 1.82) is 0 Å². The molecule has 1 saturated carbocycles. The van der Waals surface area contributed by atoms with E-state index in [0.717, 1.165) is 23.2 Å². The molecule has 1 aromatic heterocycles. The highest BCUT2D eigenvalue weighted by Gasteiger charge is 2.28. The Morgan fingerprint density at radius 3 is 2.73 bits per heavy atom. The molecule has 1 aliphatic carbocycles. The molecule has 140 valence electrons. The van der Waals surface area contributed by atoms with Crippen molar-refractivity contribution in [2.24, 2.45) is 11.8 Å². The lowest BCUT2D eigenvalue weighted by molar-refractivity contribution is -0.120. The van der Waals surface area contributed by atoms with Crippen molar-refractivity contribution >= 4 is 17.7 Å². The Bertz CT molecular complexity index is 755. The summed E-state index contributed by atoms with van der Waals surface area (Å²) in [6, 6.07) is 6.38. The fraction of sp³-hybridized carbons (Fsp3) is 0.579. The minimum absolute atomic E-state index is 0.0528. The van der Waals surface area contributed by atoms with Gasteiger partial charge in [-0.3, -0.25) is 4.79 Å². The fourth-order valence-electron chi connectivity index (χ4n) is 3.71. The van der Waals surface area contributed by atoms with Gasteiger partial charge in [-0.15, -0.1) is 5.10 Å². The third-order valence-electron chi connectivity index (χ3n) is 5.48. The second-order valence-electron chi connectivity index (χ2n) is 7.34. The number of nitrogens with one attached hydrogen (secondary N) is 1. The molecule has 1 aromatic carbocycles. The number of rotatable bonds is 5. The average Bonchev–Trinajstić information content (AvgIpc) is 3.05. The molecule has 0 radical (unpaired) electrons. The zero-order valence-electron chi connectivity index (χ0n) is 15.9. The van der Waals surface area contributed by atoms with E-state index < -0.39 is 0 Å². The minimum Gasteiger partial charge on any atom is -0.352 e. The van der Waals surface area contributed by atoms with Gasteiger partial charge in [0.05, 0.1) is 11.4 Å². The van der Waals surface area contributed by atoms with Gasteiger partial charge in [0.15, 0.2) is 0 Å². The monoisotopic (exact) mass is 373 g/mol. The van der Waals surface area contributed by atoms with Crippen LogP contribution in [-0.4, -0.2) is 37.9 Å². The summed E-state index contributed by atoms with van der Waals surface area (Å²) < 4.78 is 1.73. The summed E-state index contributed by atoms with van der Waals surface area (Å²) in [6.07, 6.45) is 3.52. The number of aryl methyl sites for hydroxylation is 2. The van der Waals surface area contributed by atoms with Crippen LogP contribution in [0.5, 0.6) is 0 Å². The van der Waals surface area contributed by atoms with Crippen molar-refractivity contribution < 1.29 is 4.79 Å². The SMILES string of the molecule is Cc1cccc(C)c1-n1nnnc1SCC(=O)N[C@H]1CCC[C@@H](C)[C@@H]1C. The zero-order chi connectivity index (χ0) is 18.7. The number of carbonyl (C=O) groups excluding carboxylic acids is 1. The van der Waals surface area contributed by atoms with Crippen LogP contribution in [-0.2, 0) is 4.79 Å². The predicted molar refractivity (Wildman–Crippen MR) is 103 cm³/mol. The number of hydrogen-bond donors (Lipinski definition) is 1. The van der Waals surface area contributed by atoms with Crippen LogP contribution >= 0.6 is 11.8 Å². The first-order valence-electron chi connectivity index (χ1n) is 9.24. The highest BCUT2D eigenvalue weighted by Crippen LogP contribution is 2.29. The molecule has 26 heavy (non-hydrogen) atoms. The van der Waals surface area contributed by atoms with Gasteiger partial charge >= 0.3 is 0 Å². The minimum atomic E-state index is 0.0528. The van der Waals surface area contributed by atoms with Crippen LogP contribution in [0.4, 0.5) is 0 Å². The number of amides is 1. The van der Waals surface area contributed by atoms with E-state index in [1.54, 1.807) is 4.68 Å². The van der Waals surface area contributed by atoms with Crippen LogP contribution in [0.1, 0.15) is 44.2 Å². The van der Waals surface area contributed by atoms with Gasteiger partial charge in [-0.25, -0.2) is 0 Å². The van der Waals surface area contributed by atoms with Crippen LogP contribution in [0, 0.1) is 25.7 Å². The summed E-state index contributed by atoms with van der Waals surface area (Å²) >= 11 is 1.38. The van der Waals surface area contributed by atoms with Crippen molar-refractivity contribution in [2.75, 3.05) is 5.75 Å². The number of tetrazole rings is 1. The van der Waals surface area contributed by atoms with Gasteiger partial charge in [0.2, 0.25) is 11.1 Å². The van der Waals surface area contributed by atoms with Crippen molar-refractivity contribution in [2.45, 2.75) is 58.2 Å². The number of para-hydroxylation sites is 1. The molecule has 1 aliphatic rings. The topological polar surface area (TPSA) is 72.7 Å². The summed E-state index contributed by atoms with van der Waals surface area (Å²) in [5.74, 6) is 1.57. The molecule has 1 fully saturated rings. The number of aromatic nitrogens is 4. The van der Waals surface area contributed by atoms with Crippen molar-refractivity contribution in [3.05, 3.63) is 29.3 Å². The second kappa shape index (κ2) is 8.20. The molecule has 3 atom stereocenters. The Balaban J connectivity index is 1.64. The van der Waals surface area contributed by atoms with Gasteiger partial charge in [-0.2, -0.15) is 4.68 Å². The number of thioether (sulfide) groups is 1. The van der Waals surface area contributed by atoms with Crippen LogP contribution in [0.15, 0.2) is 23.4 Å². The molecule has 0 aliphatic heterocycles. The lowest BCUT2D eigenvalue weighted by Crippen LogP contribution is -2.44. The van der Waals surface area contributed by atoms with Crippen LogP contribution in [0.3, 0.4) is 0 Å². The summed E-state index contributed by atoms with van der Waals surface area (Å²) in [7, 11) is 0. The Morgan fingerprint density at radius 2 is 2.00 bits per heavy atom. The van der Waals surface area contributed by atoms with E-state index in [-0.39, 0.29) is 11.9 Å². The zero-order valence-corrected chi connectivity index (χ0v) is 16.7. The number of benzene rings is 1. The average molecular weight is 374 g/mol. The summed E-state index contributed by atoms with van der Waals surface area (Å²) in [5.41, 5.74) is 3.19. The largest absolute Gasteiger partial charge is 0.352 e. The molecule has 1 amide bonds. The highest BCUT2D eigenvalue weighted by molar-refractivity contribution is 7.99. The van der Waals surface area contributed by atoms with E-state index in [2.05, 4.69) is 34.7 Å². The molecule has 0 unspecified atom stereocenters. The summed E-state index contributed by atoms with van der Waals surface area (Å²) in [5, 5.41) is 15.9. The molecule has 0 saturated heterocycles. The Labute approximate surface area is 159 Å². The van der Waals surface area contributed by atoms with Gasteiger partial charge in [-0.1, -0.05) is 56.7 Å². The highest BCUT2D eigenvalue weighted by atomic mass is 32.2. The maximum Gasteiger partial charge on any atom is 0.230 e. The van der Waals surface area contributed by atoms with Gasteiger partial charge < -0.3 is 5.32 Å². The molecule has 2 aromatic rings. The van der Waals surface area contributed by atoms with Gasteiger partial charge in [0, 0.05) is 6.04 Å². The molecule has 0 bridgehead atoms. The lowest BCUT2D eigenvalue weighted by Gasteiger charge is -2.34. The van der Waals surface area contributed by atoms with Gasteiger partial charge in [-0.05, 0) is 53.7 Å². The molecule has 0 spiro atoms. The van der Waals surface area contributed by atoms with E-state index in [4.69, 9.17) is 0 Å². The molecule has 1 N–H and O–H groups in total. The first-order chi connectivity index (χ1) is 12.5. The quantitative estimate of drug-likeness (QED) is 0.814. The van der Waals surface area contributed by atoms with E-state index in [9.17, 15) is 4.79 Å². The molecular formula is C19H27N5OS. The van der Waals surface area contributed by atoms with Gasteiger partial charge in [0.25, 0.3) is 0 Å². The molecule has 1 heterocycles. The maximum atomic E-state index is 12.4. The third-order valence-corrected chi connectivity index (χ3v) is 6.40. The summed E-state index contributed by atoms with van der Waals surface area (Å²) in [6.45, 7) is 8.59. The fourth-order valence-corrected chi connectivity index (χ4v) is 4.40. The van der Waals surface area contributed by atoms with E-state index in [1.165, 1.54) is 24.6 Å². The Kier molecular flexibility index (Phi) is 5.96.